The van der Waals surface area contributed by atoms with Crippen molar-refractivity contribution in [3.63, 3.8) is 0 Å². The van der Waals surface area contributed by atoms with Crippen molar-refractivity contribution in [2.45, 2.75) is 19.4 Å². The molecule has 1 atom stereocenters. The minimum atomic E-state index is -1.37. The maximum Gasteiger partial charge on any atom is 0.270 e. The molecule has 2 N–H and O–H groups in total. The van der Waals surface area contributed by atoms with E-state index in [1.807, 2.05) is 0 Å². The van der Waals surface area contributed by atoms with Crippen LogP contribution in [0.3, 0.4) is 0 Å². The molecule has 0 aliphatic carbocycles. The van der Waals surface area contributed by atoms with E-state index in [1.165, 1.54) is 31.2 Å². The Morgan fingerprint density at radius 2 is 2.14 bits per heavy atom. The Balaban J connectivity index is 2.06. The molecule has 1 aromatic carbocycles. The third kappa shape index (κ3) is 3.50. The molecule has 1 amide bonds. The van der Waals surface area contributed by atoms with E-state index in [4.69, 9.17) is 4.42 Å². The van der Waals surface area contributed by atoms with Gasteiger partial charge in [0.1, 0.15) is 17.1 Å². The van der Waals surface area contributed by atoms with Crippen molar-refractivity contribution in [2.75, 3.05) is 6.54 Å². The predicted octanol–water partition coefficient (Wildman–Crippen LogP) is 2.13. The van der Waals surface area contributed by atoms with E-state index in [2.05, 4.69) is 5.32 Å². The van der Waals surface area contributed by atoms with Crippen molar-refractivity contribution >= 4 is 11.6 Å². The molecule has 0 aliphatic heterocycles. The SMILES string of the molecule is Cc1ccc(C(C)(O)CNC(=O)c2cccc([N+](=O)[O-])c2)o1. The van der Waals surface area contributed by atoms with Crippen molar-refractivity contribution in [3.05, 3.63) is 63.6 Å². The second kappa shape index (κ2) is 5.98. The van der Waals surface area contributed by atoms with Crippen LogP contribution in [-0.2, 0) is 5.60 Å². The molecule has 2 aromatic rings. The summed E-state index contributed by atoms with van der Waals surface area (Å²) in [5.74, 6) is 0.483. The van der Waals surface area contributed by atoms with Gasteiger partial charge in [-0.15, -0.1) is 0 Å². The van der Waals surface area contributed by atoms with Gasteiger partial charge in [-0.3, -0.25) is 14.9 Å². The predicted molar refractivity (Wildman–Crippen MR) is 78.4 cm³/mol. The molecule has 2 rings (SSSR count). The number of carbonyl (C=O) groups excluding carboxylic acids is 1. The number of aryl methyl sites for hydroxylation is 1. The van der Waals surface area contributed by atoms with E-state index in [9.17, 15) is 20.0 Å². The Morgan fingerprint density at radius 1 is 1.41 bits per heavy atom. The number of rotatable bonds is 5. The van der Waals surface area contributed by atoms with Crippen molar-refractivity contribution < 1.29 is 19.2 Å². The van der Waals surface area contributed by atoms with Crippen LogP contribution in [0.5, 0.6) is 0 Å². The molecule has 22 heavy (non-hydrogen) atoms. The second-order valence-corrected chi connectivity index (χ2v) is 5.17. The highest BCUT2D eigenvalue weighted by Crippen LogP contribution is 2.22. The fourth-order valence-electron chi connectivity index (χ4n) is 1.93. The Morgan fingerprint density at radius 3 is 2.73 bits per heavy atom. The van der Waals surface area contributed by atoms with Gasteiger partial charge in [-0.25, -0.2) is 0 Å². The van der Waals surface area contributed by atoms with Crippen LogP contribution in [0.4, 0.5) is 5.69 Å². The summed E-state index contributed by atoms with van der Waals surface area (Å²) in [6.07, 6.45) is 0. The summed E-state index contributed by atoms with van der Waals surface area (Å²) in [6.45, 7) is 3.18. The Hall–Kier alpha value is -2.67. The van der Waals surface area contributed by atoms with E-state index in [1.54, 1.807) is 19.1 Å². The number of nitrogens with zero attached hydrogens (tertiary/aromatic N) is 1. The summed E-state index contributed by atoms with van der Waals surface area (Å²) in [5.41, 5.74) is -1.38. The van der Waals surface area contributed by atoms with Gasteiger partial charge in [-0.1, -0.05) is 6.07 Å². The van der Waals surface area contributed by atoms with Crippen LogP contribution >= 0.6 is 0 Å². The van der Waals surface area contributed by atoms with E-state index < -0.39 is 16.4 Å². The fourth-order valence-corrected chi connectivity index (χ4v) is 1.93. The van der Waals surface area contributed by atoms with Gasteiger partial charge in [-0.2, -0.15) is 0 Å². The van der Waals surface area contributed by atoms with Gasteiger partial charge in [0.05, 0.1) is 11.5 Å². The van der Waals surface area contributed by atoms with Gasteiger partial charge in [0.2, 0.25) is 0 Å². The number of hydrogen-bond acceptors (Lipinski definition) is 5. The molecule has 0 aliphatic rings. The average Bonchev–Trinajstić information content (AvgIpc) is 2.92. The van der Waals surface area contributed by atoms with Crippen LogP contribution in [0.25, 0.3) is 0 Å². The number of non-ortho nitro benzene ring substituents is 1. The van der Waals surface area contributed by atoms with Gasteiger partial charge in [0, 0.05) is 17.7 Å². The first-order valence-corrected chi connectivity index (χ1v) is 6.61. The molecule has 116 valence electrons. The molecule has 1 heterocycles. The number of furan rings is 1. The molecule has 0 spiro atoms. The minimum Gasteiger partial charge on any atom is -0.463 e. The summed E-state index contributed by atoms with van der Waals surface area (Å²) >= 11 is 0. The molecule has 1 aromatic heterocycles. The molecule has 0 saturated carbocycles. The Kier molecular flexibility index (Phi) is 4.27. The van der Waals surface area contributed by atoms with Crippen molar-refractivity contribution in [3.8, 4) is 0 Å². The molecule has 7 heteroatoms. The van der Waals surface area contributed by atoms with Gasteiger partial charge in [0.15, 0.2) is 0 Å². The molecule has 0 radical (unpaired) electrons. The number of nitro benzene ring substituents is 1. The zero-order chi connectivity index (χ0) is 16.3. The summed E-state index contributed by atoms with van der Waals surface area (Å²) < 4.78 is 5.35. The number of carbonyl (C=O) groups is 1. The molecule has 1 unspecified atom stereocenters. The standard InChI is InChI=1S/C15H16N2O5/c1-10-6-7-13(22-10)15(2,19)9-16-14(18)11-4-3-5-12(8-11)17(20)21/h3-8,19H,9H2,1-2H3,(H,16,18). The molecule has 7 nitrogen and oxygen atoms in total. The maximum atomic E-state index is 12.0. The van der Waals surface area contributed by atoms with E-state index in [-0.39, 0.29) is 17.8 Å². The lowest BCUT2D eigenvalue weighted by Gasteiger charge is -2.21. The zero-order valence-corrected chi connectivity index (χ0v) is 12.2. The number of nitro groups is 1. The van der Waals surface area contributed by atoms with Crippen LogP contribution < -0.4 is 5.32 Å². The van der Waals surface area contributed by atoms with Crippen LogP contribution in [0.15, 0.2) is 40.8 Å². The first-order chi connectivity index (χ1) is 10.3. The Labute approximate surface area is 126 Å². The average molecular weight is 304 g/mol. The fraction of sp³-hybridized carbons (Fsp3) is 0.267. The topological polar surface area (TPSA) is 106 Å². The molecular formula is C15H16N2O5. The second-order valence-electron chi connectivity index (χ2n) is 5.17. The number of hydrogen-bond donors (Lipinski definition) is 2. The first kappa shape index (κ1) is 15.7. The van der Waals surface area contributed by atoms with Crippen LogP contribution in [-0.4, -0.2) is 22.5 Å². The third-order valence-corrected chi connectivity index (χ3v) is 3.18. The Bertz CT molecular complexity index is 705. The summed E-state index contributed by atoms with van der Waals surface area (Å²) in [7, 11) is 0. The number of amides is 1. The van der Waals surface area contributed by atoms with E-state index >= 15 is 0 Å². The van der Waals surface area contributed by atoms with Crippen molar-refractivity contribution in [1.29, 1.82) is 0 Å². The summed E-state index contributed by atoms with van der Waals surface area (Å²) in [4.78, 5) is 22.2. The number of aliphatic hydroxyl groups is 1. The van der Waals surface area contributed by atoms with E-state index in [0.29, 0.717) is 11.5 Å². The third-order valence-electron chi connectivity index (χ3n) is 3.18. The van der Waals surface area contributed by atoms with Crippen LogP contribution in [0.1, 0.15) is 28.8 Å². The smallest absolute Gasteiger partial charge is 0.270 e. The molecule has 0 bridgehead atoms. The number of benzene rings is 1. The van der Waals surface area contributed by atoms with Gasteiger partial charge >= 0.3 is 0 Å². The lowest BCUT2D eigenvalue weighted by Crippen LogP contribution is -2.38. The highest BCUT2D eigenvalue weighted by molar-refractivity contribution is 5.94. The number of nitrogens with one attached hydrogen (secondary N) is 1. The van der Waals surface area contributed by atoms with Gasteiger partial charge in [-0.05, 0) is 32.0 Å². The van der Waals surface area contributed by atoms with Crippen molar-refractivity contribution in [2.24, 2.45) is 0 Å². The maximum absolute atomic E-state index is 12.0. The monoisotopic (exact) mass is 304 g/mol. The summed E-state index contributed by atoms with van der Waals surface area (Å²) in [5, 5.41) is 23.6. The highest BCUT2D eigenvalue weighted by atomic mass is 16.6. The summed E-state index contributed by atoms with van der Waals surface area (Å²) in [6, 6.07) is 8.73. The largest absolute Gasteiger partial charge is 0.463 e. The lowest BCUT2D eigenvalue weighted by molar-refractivity contribution is -0.384. The van der Waals surface area contributed by atoms with Gasteiger partial charge < -0.3 is 14.8 Å². The molecular weight excluding hydrogens is 288 g/mol. The van der Waals surface area contributed by atoms with E-state index in [0.717, 1.165) is 0 Å². The molecule has 0 fully saturated rings. The van der Waals surface area contributed by atoms with Crippen LogP contribution in [0, 0.1) is 17.0 Å². The van der Waals surface area contributed by atoms with Crippen molar-refractivity contribution in [1.82, 2.24) is 5.32 Å². The van der Waals surface area contributed by atoms with Gasteiger partial charge in [0.25, 0.3) is 11.6 Å². The quantitative estimate of drug-likeness (QED) is 0.650. The molecule has 0 saturated heterocycles. The van der Waals surface area contributed by atoms with Crippen LogP contribution in [0.2, 0.25) is 0 Å². The lowest BCUT2D eigenvalue weighted by atomic mass is 10.0. The minimum absolute atomic E-state index is 0.0819. The highest BCUT2D eigenvalue weighted by Gasteiger charge is 2.27. The zero-order valence-electron chi connectivity index (χ0n) is 12.2. The first-order valence-electron chi connectivity index (χ1n) is 6.61. The normalized spacial score (nSPS) is 13.4.